The van der Waals surface area contributed by atoms with Crippen molar-refractivity contribution in [1.82, 2.24) is 14.9 Å². The lowest BCUT2D eigenvalue weighted by atomic mass is 10.1. The van der Waals surface area contributed by atoms with Crippen molar-refractivity contribution < 1.29 is 0 Å². The van der Waals surface area contributed by atoms with E-state index in [1.165, 1.54) is 11.1 Å². The predicted molar refractivity (Wildman–Crippen MR) is 93.0 cm³/mol. The molecule has 0 amide bonds. The fourth-order valence-electron chi connectivity index (χ4n) is 2.34. The first kappa shape index (κ1) is 15.0. The van der Waals surface area contributed by atoms with Crippen LogP contribution in [0.25, 0.3) is 5.69 Å². The highest BCUT2D eigenvalue weighted by Crippen LogP contribution is 2.17. The van der Waals surface area contributed by atoms with Crippen molar-refractivity contribution in [2.24, 2.45) is 0 Å². The molecule has 0 aliphatic carbocycles. The maximum Gasteiger partial charge on any atom is 0.0991 e. The van der Waals surface area contributed by atoms with E-state index >= 15 is 0 Å². The van der Waals surface area contributed by atoms with Gasteiger partial charge < -0.3 is 9.88 Å². The molecule has 3 rings (SSSR count). The van der Waals surface area contributed by atoms with Crippen LogP contribution in [0.2, 0.25) is 0 Å². The van der Waals surface area contributed by atoms with Crippen molar-refractivity contribution in [2.75, 3.05) is 0 Å². The normalized spacial score (nSPS) is 12.3. The molecular formula is C18H18BrN3. The zero-order valence-corrected chi connectivity index (χ0v) is 14.0. The monoisotopic (exact) mass is 355 g/mol. The van der Waals surface area contributed by atoms with Gasteiger partial charge in [0, 0.05) is 35.1 Å². The SMILES string of the molecule is C[C@H](NCc1ccc(Br)cc1)c1ccc(-n2ccnc2)cc1. The molecule has 0 aliphatic heterocycles. The number of nitrogens with one attached hydrogen (secondary N) is 1. The van der Waals surface area contributed by atoms with Gasteiger partial charge in [-0.2, -0.15) is 0 Å². The van der Waals surface area contributed by atoms with Crippen molar-refractivity contribution in [3.63, 3.8) is 0 Å². The molecule has 1 N–H and O–H groups in total. The van der Waals surface area contributed by atoms with E-state index in [1.54, 1.807) is 6.20 Å². The van der Waals surface area contributed by atoms with E-state index in [9.17, 15) is 0 Å². The van der Waals surface area contributed by atoms with E-state index in [4.69, 9.17) is 0 Å². The third-order valence-corrected chi connectivity index (χ3v) is 4.25. The third-order valence-electron chi connectivity index (χ3n) is 3.72. The molecule has 3 nitrogen and oxygen atoms in total. The van der Waals surface area contributed by atoms with Gasteiger partial charge in [-0.15, -0.1) is 0 Å². The lowest BCUT2D eigenvalue weighted by Gasteiger charge is -2.15. The molecule has 4 heteroatoms. The van der Waals surface area contributed by atoms with E-state index in [2.05, 4.69) is 81.7 Å². The maximum atomic E-state index is 4.07. The molecule has 1 atom stereocenters. The van der Waals surface area contributed by atoms with Gasteiger partial charge in [-0.25, -0.2) is 4.98 Å². The van der Waals surface area contributed by atoms with Gasteiger partial charge in [0.05, 0.1) is 6.33 Å². The van der Waals surface area contributed by atoms with Crippen molar-refractivity contribution in [3.05, 3.63) is 82.9 Å². The van der Waals surface area contributed by atoms with E-state index in [1.807, 2.05) is 17.1 Å². The van der Waals surface area contributed by atoms with Crippen LogP contribution in [-0.2, 0) is 6.54 Å². The molecule has 3 aromatic rings. The summed E-state index contributed by atoms with van der Waals surface area (Å²) in [5, 5.41) is 3.55. The highest BCUT2D eigenvalue weighted by Gasteiger charge is 2.05. The fraction of sp³-hybridized carbons (Fsp3) is 0.167. The Hall–Kier alpha value is -1.91. The molecule has 0 spiro atoms. The first-order chi connectivity index (χ1) is 10.7. The van der Waals surface area contributed by atoms with Gasteiger partial charge >= 0.3 is 0 Å². The Kier molecular flexibility index (Phi) is 4.71. The number of benzene rings is 2. The number of hydrogen-bond acceptors (Lipinski definition) is 2. The summed E-state index contributed by atoms with van der Waals surface area (Å²) in [6.07, 6.45) is 5.55. The lowest BCUT2D eigenvalue weighted by Crippen LogP contribution is -2.18. The van der Waals surface area contributed by atoms with Crippen molar-refractivity contribution in [2.45, 2.75) is 19.5 Å². The average Bonchev–Trinajstić information content (AvgIpc) is 3.09. The molecule has 22 heavy (non-hydrogen) atoms. The molecule has 2 aromatic carbocycles. The summed E-state index contributed by atoms with van der Waals surface area (Å²) >= 11 is 3.46. The smallest absolute Gasteiger partial charge is 0.0991 e. The average molecular weight is 356 g/mol. The first-order valence-corrected chi connectivity index (χ1v) is 8.08. The highest BCUT2D eigenvalue weighted by atomic mass is 79.9. The summed E-state index contributed by atoms with van der Waals surface area (Å²) in [7, 11) is 0. The molecule has 1 heterocycles. The first-order valence-electron chi connectivity index (χ1n) is 7.28. The van der Waals surface area contributed by atoms with Crippen molar-refractivity contribution in [3.8, 4) is 5.69 Å². The molecule has 1 aromatic heterocycles. The van der Waals surface area contributed by atoms with Crippen LogP contribution in [0, 0.1) is 0 Å². The van der Waals surface area contributed by atoms with Gasteiger partial charge in [0.15, 0.2) is 0 Å². The van der Waals surface area contributed by atoms with Gasteiger partial charge in [-0.1, -0.05) is 40.2 Å². The summed E-state index contributed by atoms with van der Waals surface area (Å²) in [6.45, 7) is 3.04. The van der Waals surface area contributed by atoms with Crippen LogP contribution in [0.15, 0.2) is 71.7 Å². The summed E-state index contributed by atoms with van der Waals surface area (Å²) in [5.74, 6) is 0. The number of nitrogens with zero attached hydrogens (tertiary/aromatic N) is 2. The molecule has 0 bridgehead atoms. The van der Waals surface area contributed by atoms with Crippen LogP contribution in [0.5, 0.6) is 0 Å². The van der Waals surface area contributed by atoms with Gasteiger partial charge in [0.25, 0.3) is 0 Å². The van der Waals surface area contributed by atoms with Gasteiger partial charge in [-0.05, 0) is 42.3 Å². The Morgan fingerprint density at radius 2 is 1.82 bits per heavy atom. The predicted octanol–water partition coefficient (Wildman–Crippen LogP) is 4.49. The molecule has 0 saturated heterocycles. The molecular weight excluding hydrogens is 338 g/mol. The van der Waals surface area contributed by atoms with Crippen LogP contribution in [0.3, 0.4) is 0 Å². The second-order valence-corrected chi connectivity index (χ2v) is 6.21. The highest BCUT2D eigenvalue weighted by molar-refractivity contribution is 9.10. The minimum atomic E-state index is 0.306. The van der Waals surface area contributed by atoms with Crippen molar-refractivity contribution in [1.29, 1.82) is 0 Å². The summed E-state index contributed by atoms with van der Waals surface area (Å²) < 4.78 is 3.11. The Morgan fingerprint density at radius 1 is 1.09 bits per heavy atom. The third kappa shape index (κ3) is 3.64. The van der Waals surface area contributed by atoms with E-state index in [-0.39, 0.29) is 0 Å². The van der Waals surface area contributed by atoms with Crippen LogP contribution in [-0.4, -0.2) is 9.55 Å². The molecule has 0 aliphatic rings. The van der Waals surface area contributed by atoms with E-state index in [0.29, 0.717) is 6.04 Å². The van der Waals surface area contributed by atoms with Crippen molar-refractivity contribution >= 4 is 15.9 Å². The van der Waals surface area contributed by atoms with Gasteiger partial charge in [-0.3, -0.25) is 0 Å². The fourth-order valence-corrected chi connectivity index (χ4v) is 2.60. The molecule has 0 radical (unpaired) electrons. The topological polar surface area (TPSA) is 29.9 Å². The minimum Gasteiger partial charge on any atom is -0.306 e. The zero-order valence-electron chi connectivity index (χ0n) is 12.4. The second-order valence-electron chi connectivity index (χ2n) is 5.29. The standard InChI is InChI=1S/C18H18BrN3/c1-14(21-12-15-2-6-17(19)7-3-15)16-4-8-18(9-5-16)22-11-10-20-13-22/h2-11,13-14,21H,12H2,1H3/t14-/m0/s1. The van der Waals surface area contributed by atoms with Gasteiger partial charge in [0.2, 0.25) is 0 Å². The number of imidazole rings is 1. The van der Waals surface area contributed by atoms with Crippen LogP contribution in [0.1, 0.15) is 24.1 Å². The van der Waals surface area contributed by atoms with E-state index in [0.717, 1.165) is 16.7 Å². The van der Waals surface area contributed by atoms with Crippen LogP contribution >= 0.6 is 15.9 Å². The minimum absolute atomic E-state index is 0.306. The summed E-state index contributed by atoms with van der Waals surface area (Å²) in [5.41, 5.74) is 3.69. The Morgan fingerprint density at radius 3 is 2.45 bits per heavy atom. The Balaban J connectivity index is 1.62. The van der Waals surface area contributed by atoms with Crippen LogP contribution in [0.4, 0.5) is 0 Å². The zero-order chi connectivity index (χ0) is 15.4. The summed E-state index contributed by atoms with van der Waals surface area (Å²) in [6, 6.07) is 17.3. The number of hydrogen-bond donors (Lipinski definition) is 1. The van der Waals surface area contributed by atoms with Gasteiger partial charge in [0.1, 0.15) is 0 Å². The quantitative estimate of drug-likeness (QED) is 0.730. The molecule has 112 valence electrons. The maximum absolute atomic E-state index is 4.07. The lowest BCUT2D eigenvalue weighted by molar-refractivity contribution is 0.574. The second kappa shape index (κ2) is 6.90. The Bertz CT molecular complexity index is 703. The van der Waals surface area contributed by atoms with E-state index < -0.39 is 0 Å². The van der Waals surface area contributed by atoms with Crippen LogP contribution < -0.4 is 5.32 Å². The largest absolute Gasteiger partial charge is 0.306 e. The molecule has 0 saturated carbocycles. The number of halogens is 1. The molecule has 0 unspecified atom stereocenters. The molecule has 0 fully saturated rings. The number of aromatic nitrogens is 2. The Labute approximate surface area is 139 Å². The number of rotatable bonds is 5. The summed E-state index contributed by atoms with van der Waals surface area (Å²) in [4.78, 5) is 4.07.